The van der Waals surface area contributed by atoms with Gasteiger partial charge in [-0.3, -0.25) is 9.97 Å². The fraction of sp³-hybridized carbons (Fsp3) is 0.167. The number of aromatic nitrogens is 2. The minimum absolute atomic E-state index is 0.457. The van der Waals surface area contributed by atoms with Gasteiger partial charge in [-0.1, -0.05) is 12.1 Å². The van der Waals surface area contributed by atoms with Gasteiger partial charge in [-0.05, 0) is 30.7 Å². The molecule has 3 heteroatoms. The number of alkyl halides is 1. The van der Waals surface area contributed by atoms with Crippen LogP contribution in [0.5, 0.6) is 0 Å². The van der Waals surface area contributed by atoms with Crippen LogP contribution in [0.25, 0.3) is 11.4 Å². The molecule has 2 nitrogen and oxygen atoms in total. The van der Waals surface area contributed by atoms with E-state index >= 15 is 0 Å². The molecule has 0 amide bonds. The fourth-order valence-corrected chi connectivity index (χ4v) is 1.67. The van der Waals surface area contributed by atoms with Crippen molar-refractivity contribution in [2.45, 2.75) is 12.8 Å². The maximum Gasteiger partial charge on any atom is 0.0930 e. The van der Waals surface area contributed by atoms with Crippen molar-refractivity contribution >= 4 is 11.6 Å². The molecule has 0 atom stereocenters. The second-order valence-electron chi connectivity index (χ2n) is 3.31. The largest absolute Gasteiger partial charge is 0.254 e. The van der Waals surface area contributed by atoms with Gasteiger partial charge in [0.05, 0.1) is 11.4 Å². The Balaban J connectivity index is 2.53. The fourth-order valence-electron chi connectivity index (χ4n) is 1.45. The molecule has 2 rings (SSSR count). The number of pyridine rings is 2. The van der Waals surface area contributed by atoms with Gasteiger partial charge in [-0.25, -0.2) is 0 Å². The van der Waals surface area contributed by atoms with E-state index in [2.05, 4.69) is 9.97 Å². The molecule has 0 aliphatic heterocycles. The SMILES string of the molecule is Cc1cccc(-c2ncccc2CCl)n1. The quantitative estimate of drug-likeness (QED) is 0.724. The lowest BCUT2D eigenvalue weighted by molar-refractivity contribution is 1.16. The van der Waals surface area contributed by atoms with Crippen molar-refractivity contribution in [2.24, 2.45) is 0 Å². The molecule has 0 aromatic carbocycles. The molecule has 0 fully saturated rings. The van der Waals surface area contributed by atoms with Crippen LogP contribution < -0.4 is 0 Å². The van der Waals surface area contributed by atoms with Gasteiger partial charge < -0.3 is 0 Å². The Morgan fingerprint density at radius 3 is 2.80 bits per heavy atom. The van der Waals surface area contributed by atoms with Crippen molar-refractivity contribution in [3.63, 3.8) is 0 Å². The van der Waals surface area contributed by atoms with Gasteiger partial charge in [0, 0.05) is 17.8 Å². The predicted octanol–water partition coefficient (Wildman–Crippen LogP) is 3.19. The standard InChI is InChI=1S/C12H11ClN2/c1-9-4-2-6-11(15-9)12-10(8-13)5-3-7-14-12/h2-7H,8H2,1H3. The van der Waals surface area contributed by atoms with E-state index in [0.29, 0.717) is 5.88 Å². The summed E-state index contributed by atoms with van der Waals surface area (Å²) in [5, 5.41) is 0. The summed E-state index contributed by atoms with van der Waals surface area (Å²) in [5.41, 5.74) is 3.75. The third-order valence-corrected chi connectivity index (χ3v) is 2.45. The van der Waals surface area contributed by atoms with E-state index in [0.717, 1.165) is 22.6 Å². The van der Waals surface area contributed by atoms with Crippen molar-refractivity contribution in [3.05, 3.63) is 47.8 Å². The highest BCUT2D eigenvalue weighted by Crippen LogP contribution is 2.20. The average molecular weight is 219 g/mol. The zero-order valence-corrected chi connectivity index (χ0v) is 9.20. The highest BCUT2D eigenvalue weighted by molar-refractivity contribution is 6.17. The van der Waals surface area contributed by atoms with E-state index in [4.69, 9.17) is 11.6 Å². The lowest BCUT2D eigenvalue weighted by Crippen LogP contribution is -1.93. The first-order valence-electron chi connectivity index (χ1n) is 4.75. The number of nitrogens with zero attached hydrogens (tertiary/aromatic N) is 2. The van der Waals surface area contributed by atoms with Crippen LogP contribution in [-0.4, -0.2) is 9.97 Å². The number of halogens is 1. The van der Waals surface area contributed by atoms with Crippen LogP contribution in [0.2, 0.25) is 0 Å². The Labute approximate surface area is 94.0 Å². The van der Waals surface area contributed by atoms with Crippen molar-refractivity contribution in [3.8, 4) is 11.4 Å². The Morgan fingerprint density at radius 2 is 2.07 bits per heavy atom. The smallest absolute Gasteiger partial charge is 0.0930 e. The van der Waals surface area contributed by atoms with E-state index in [1.54, 1.807) is 6.20 Å². The van der Waals surface area contributed by atoms with E-state index in [1.165, 1.54) is 0 Å². The van der Waals surface area contributed by atoms with Crippen molar-refractivity contribution in [1.29, 1.82) is 0 Å². The summed E-state index contributed by atoms with van der Waals surface area (Å²) in [5.74, 6) is 0.457. The second kappa shape index (κ2) is 4.41. The minimum Gasteiger partial charge on any atom is -0.254 e. The minimum atomic E-state index is 0.457. The van der Waals surface area contributed by atoms with E-state index in [1.807, 2.05) is 37.3 Å². The van der Waals surface area contributed by atoms with Gasteiger partial charge in [0.1, 0.15) is 0 Å². The van der Waals surface area contributed by atoms with Crippen LogP contribution in [-0.2, 0) is 5.88 Å². The Morgan fingerprint density at radius 1 is 1.20 bits per heavy atom. The highest BCUT2D eigenvalue weighted by Gasteiger charge is 2.05. The maximum absolute atomic E-state index is 5.85. The number of hydrogen-bond acceptors (Lipinski definition) is 2. The van der Waals surface area contributed by atoms with Crippen LogP contribution >= 0.6 is 11.6 Å². The van der Waals surface area contributed by atoms with Crippen LogP contribution in [0.4, 0.5) is 0 Å². The molecular weight excluding hydrogens is 208 g/mol. The molecule has 0 N–H and O–H groups in total. The summed E-state index contributed by atoms with van der Waals surface area (Å²) >= 11 is 5.85. The molecule has 76 valence electrons. The molecule has 15 heavy (non-hydrogen) atoms. The summed E-state index contributed by atoms with van der Waals surface area (Å²) in [6, 6.07) is 9.75. The van der Waals surface area contributed by atoms with Crippen LogP contribution in [0.1, 0.15) is 11.3 Å². The maximum atomic E-state index is 5.85. The molecule has 2 aromatic rings. The van der Waals surface area contributed by atoms with Gasteiger partial charge in [0.2, 0.25) is 0 Å². The van der Waals surface area contributed by atoms with Gasteiger partial charge in [-0.2, -0.15) is 0 Å². The first-order valence-corrected chi connectivity index (χ1v) is 5.28. The molecule has 0 saturated heterocycles. The lowest BCUT2D eigenvalue weighted by Gasteiger charge is -2.05. The third-order valence-electron chi connectivity index (χ3n) is 2.17. The van der Waals surface area contributed by atoms with Gasteiger partial charge >= 0.3 is 0 Å². The molecule has 0 bridgehead atoms. The molecule has 0 spiro atoms. The monoisotopic (exact) mass is 218 g/mol. The third kappa shape index (κ3) is 2.16. The second-order valence-corrected chi connectivity index (χ2v) is 3.58. The zero-order valence-electron chi connectivity index (χ0n) is 8.44. The van der Waals surface area contributed by atoms with E-state index < -0.39 is 0 Å². The summed E-state index contributed by atoms with van der Waals surface area (Å²) in [6.07, 6.45) is 1.76. The van der Waals surface area contributed by atoms with Crippen molar-refractivity contribution in [2.75, 3.05) is 0 Å². The molecule has 2 aromatic heterocycles. The van der Waals surface area contributed by atoms with Gasteiger partial charge in [-0.15, -0.1) is 11.6 Å². The number of rotatable bonds is 2. The first-order chi connectivity index (χ1) is 7.31. The Kier molecular flexibility index (Phi) is 2.97. The lowest BCUT2D eigenvalue weighted by atomic mass is 10.1. The molecule has 0 aliphatic rings. The summed E-state index contributed by atoms with van der Waals surface area (Å²) in [7, 11) is 0. The Hall–Kier alpha value is -1.41. The van der Waals surface area contributed by atoms with Gasteiger partial charge in [0.15, 0.2) is 0 Å². The molecule has 2 heterocycles. The number of hydrogen-bond donors (Lipinski definition) is 0. The zero-order chi connectivity index (χ0) is 10.7. The van der Waals surface area contributed by atoms with Crippen LogP contribution in [0.3, 0.4) is 0 Å². The molecule has 0 radical (unpaired) electrons. The molecule has 0 unspecified atom stereocenters. The summed E-state index contributed by atoms with van der Waals surface area (Å²) in [4.78, 5) is 8.74. The molecular formula is C12H11ClN2. The van der Waals surface area contributed by atoms with Crippen molar-refractivity contribution < 1.29 is 0 Å². The van der Waals surface area contributed by atoms with Gasteiger partial charge in [0.25, 0.3) is 0 Å². The normalized spacial score (nSPS) is 10.3. The Bertz CT molecular complexity index is 469. The summed E-state index contributed by atoms with van der Waals surface area (Å²) < 4.78 is 0. The number of aryl methyl sites for hydroxylation is 1. The first kappa shape index (κ1) is 10.1. The van der Waals surface area contributed by atoms with Crippen LogP contribution in [0.15, 0.2) is 36.5 Å². The van der Waals surface area contributed by atoms with E-state index in [9.17, 15) is 0 Å². The highest BCUT2D eigenvalue weighted by atomic mass is 35.5. The summed E-state index contributed by atoms with van der Waals surface area (Å²) in [6.45, 7) is 1.97. The average Bonchev–Trinajstić information content (AvgIpc) is 2.29. The van der Waals surface area contributed by atoms with Crippen LogP contribution in [0, 0.1) is 6.92 Å². The molecule has 0 aliphatic carbocycles. The predicted molar refractivity (Wildman–Crippen MR) is 61.8 cm³/mol. The molecule has 0 saturated carbocycles. The topological polar surface area (TPSA) is 25.8 Å². The van der Waals surface area contributed by atoms with Crippen molar-refractivity contribution in [1.82, 2.24) is 9.97 Å². The van der Waals surface area contributed by atoms with E-state index in [-0.39, 0.29) is 0 Å².